The number of carbonyl (C=O) groups excluding carboxylic acids is 1. The molecule has 0 radical (unpaired) electrons. The van der Waals surface area contributed by atoms with Crippen LogP contribution in [0.1, 0.15) is 6.42 Å². The van der Waals surface area contributed by atoms with Gasteiger partial charge in [-0.05, 0) is 24.3 Å². The number of amides is 1. The van der Waals surface area contributed by atoms with E-state index >= 15 is 0 Å². The molecule has 1 aromatic heterocycles. The number of hydrogen-bond acceptors (Lipinski definition) is 5. The summed E-state index contributed by atoms with van der Waals surface area (Å²) in [5.74, 6) is -0.336. The summed E-state index contributed by atoms with van der Waals surface area (Å²) in [6.45, 7) is 0.107. The molecule has 0 aliphatic heterocycles. The lowest BCUT2D eigenvalue weighted by molar-refractivity contribution is -0.116. The first kappa shape index (κ1) is 14.7. The molecule has 2 aromatic carbocycles. The molecule has 0 spiro atoms. The van der Waals surface area contributed by atoms with Crippen molar-refractivity contribution in [2.45, 2.75) is 13.0 Å². The third-order valence-electron chi connectivity index (χ3n) is 3.36. The number of phenols is 1. The number of aromatic nitrogens is 3. The molecule has 116 valence electrons. The number of aromatic hydroxyl groups is 1. The molecule has 1 amide bonds. The van der Waals surface area contributed by atoms with Crippen molar-refractivity contribution in [3.05, 3.63) is 58.9 Å². The number of hydrogen-bond donors (Lipinski definition) is 2. The van der Waals surface area contributed by atoms with E-state index in [2.05, 4.69) is 15.6 Å². The number of nitrogens with one attached hydrogen (secondary N) is 1. The van der Waals surface area contributed by atoms with Crippen molar-refractivity contribution in [1.82, 2.24) is 15.0 Å². The van der Waals surface area contributed by atoms with Crippen LogP contribution in [0.2, 0.25) is 0 Å². The number of para-hydroxylation sites is 2. The number of phenolic OH excluding ortho intramolecular Hbond substituents is 1. The minimum Gasteiger partial charge on any atom is -0.506 e. The Bertz CT molecular complexity index is 920. The van der Waals surface area contributed by atoms with Crippen molar-refractivity contribution in [3.63, 3.8) is 0 Å². The van der Waals surface area contributed by atoms with Gasteiger partial charge in [-0.3, -0.25) is 9.59 Å². The van der Waals surface area contributed by atoms with Gasteiger partial charge in [0.1, 0.15) is 11.3 Å². The van der Waals surface area contributed by atoms with Crippen molar-refractivity contribution < 1.29 is 9.90 Å². The highest BCUT2D eigenvalue weighted by Gasteiger charge is 2.09. The maximum absolute atomic E-state index is 12.2. The van der Waals surface area contributed by atoms with Crippen LogP contribution in [-0.2, 0) is 11.3 Å². The molecule has 2 N–H and O–H groups in total. The summed E-state index contributed by atoms with van der Waals surface area (Å²) in [4.78, 5) is 24.2. The smallest absolute Gasteiger partial charge is 0.277 e. The summed E-state index contributed by atoms with van der Waals surface area (Å²) >= 11 is 0. The number of anilines is 1. The molecule has 0 unspecified atom stereocenters. The maximum atomic E-state index is 12.2. The first-order valence-corrected chi connectivity index (χ1v) is 7.05. The van der Waals surface area contributed by atoms with Gasteiger partial charge in [-0.25, -0.2) is 4.68 Å². The summed E-state index contributed by atoms with van der Waals surface area (Å²) in [5, 5.41) is 20.4. The van der Waals surface area contributed by atoms with E-state index in [1.165, 1.54) is 6.07 Å². The topological polar surface area (TPSA) is 97.1 Å². The molecular formula is C16H14N4O3. The summed E-state index contributed by atoms with van der Waals surface area (Å²) in [6, 6.07) is 13.3. The van der Waals surface area contributed by atoms with Crippen molar-refractivity contribution in [2.75, 3.05) is 5.32 Å². The highest BCUT2D eigenvalue weighted by atomic mass is 16.3. The highest BCUT2D eigenvalue weighted by Crippen LogP contribution is 2.21. The standard InChI is InChI=1S/C16H14N4O3/c21-14-8-4-3-7-13(14)17-15(22)9-10-20-16(23)11-5-1-2-6-12(11)18-19-20/h1-8,21H,9-10H2,(H,17,22). The Morgan fingerprint density at radius 2 is 1.87 bits per heavy atom. The first-order valence-electron chi connectivity index (χ1n) is 7.05. The fourth-order valence-electron chi connectivity index (χ4n) is 2.17. The van der Waals surface area contributed by atoms with Gasteiger partial charge < -0.3 is 10.4 Å². The predicted molar refractivity (Wildman–Crippen MR) is 85.2 cm³/mol. The zero-order valence-corrected chi connectivity index (χ0v) is 12.1. The second-order valence-electron chi connectivity index (χ2n) is 4.95. The van der Waals surface area contributed by atoms with Crippen LogP contribution in [0.3, 0.4) is 0 Å². The van der Waals surface area contributed by atoms with E-state index in [4.69, 9.17) is 0 Å². The Kier molecular flexibility index (Phi) is 4.01. The van der Waals surface area contributed by atoms with E-state index in [1.807, 2.05) is 0 Å². The SMILES string of the molecule is O=C(CCn1nnc2ccccc2c1=O)Nc1ccccc1O. The van der Waals surface area contributed by atoms with E-state index in [1.54, 1.807) is 42.5 Å². The Balaban J connectivity index is 1.71. The second-order valence-corrected chi connectivity index (χ2v) is 4.95. The molecule has 23 heavy (non-hydrogen) atoms. The van der Waals surface area contributed by atoms with E-state index < -0.39 is 0 Å². The average molecular weight is 310 g/mol. The second kappa shape index (κ2) is 6.27. The van der Waals surface area contributed by atoms with Crippen LogP contribution in [0.15, 0.2) is 53.3 Å². The number of fused-ring (bicyclic) bond motifs is 1. The maximum Gasteiger partial charge on any atom is 0.277 e. The number of carbonyl (C=O) groups is 1. The lowest BCUT2D eigenvalue weighted by atomic mass is 10.2. The molecular weight excluding hydrogens is 296 g/mol. The molecule has 1 heterocycles. The molecule has 0 saturated carbocycles. The lowest BCUT2D eigenvalue weighted by Crippen LogP contribution is -2.26. The van der Waals surface area contributed by atoms with Gasteiger partial charge in [0, 0.05) is 6.42 Å². The van der Waals surface area contributed by atoms with Crippen molar-refractivity contribution in [2.24, 2.45) is 0 Å². The molecule has 0 saturated heterocycles. The molecule has 0 fully saturated rings. The van der Waals surface area contributed by atoms with E-state index in [9.17, 15) is 14.7 Å². The van der Waals surface area contributed by atoms with Crippen LogP contribution in [0.25, 0.3) is 10.9 Å². The van der Waals surface area contributed by atoms with Gasteiger partial charge in [0.15, 0.2) is 0 Å². The number of aryl methyl sites for hydroxylation is 1. The third kappa shape index (κ3) is 3.18. The molecule has 0 bridgehead atoms. The number of nitrogens with zero attached hydrogens (tertiary/aromatic N) is 3. The normalized spacial score (nSPS) is 10.6. The fourth-order valence-corrected chi connectivity index (χ4v) is 2.17. The third-order valence-corrected chi connectivity index (χ3v) is 3.36. The first-order chi connectivity index (χ1) is 11.1. The summed E-state index contributed by atoms with van der Waals surface area (Å²) in [5.41, 5.74) is 0.563. The zero-order chi connectivity index (χ0) is 16.2. The van der Waals surface area contributed by atoms with Gasteiger partial charge >= 0.3 is 0 Å². The van der Waals surface area contributed by atoms with Crippen LogP contribution >= 0.6 is 0 Å². The van der Waals surface area contributed by atoms with Gasteiger partial charge in [-0.2, -0.15) is 0 Å². The average Bonchev–Trinajstić information content (AvgIpc) is 2.57. The minimum atomic E-state index is -0.326. The lowest BCUT2D eigenvalue weighted by Gasteiger charge is -2.07. The van der Waals surface area contributed by atoms with Gasteiger partial charge in [0.05, 0.1) is 17.6 Å². The molecule has 0 atom stereocenters. The van der Waals surface area contributed by atoms with Crippen LogP contribution in [-0.4, -0.2) is 26.0 Å². The number of benzene rings is 2. The van der Waals surface area contributed by atoms with Gasteiger partial charge in [0.2, 0.25) is 5.91 Å². The molecule has 0 aliphatic rings. The Labute approximate surface area is 131 Å². The van der Waals surface area contributed by atoms with E-state index in [0.29, 0.717) is 16.6 Å². The highest BCUT2D eigenvalue weighted by molar-refractivity contribution is 5.92. The van der Waals surface area contributed by atoms with Crippen molar-refractivity contribution >= 4 is 22.5 Å². The summed E-state index contributed by atoms with van der Waals surface area (Å²) in [6.07, 6.45) is 0.0429. The largest absolute Gasteiger partial charge is 0.506 e. The van der Waals surface area contributed by atoms with Gasteiger partial charge in [-0.15, -0.1) is 5.10 Å². The van der Waals surface area contributed by atoms with Gasteiger partial charge in [-0.1, -0.05) is 29.5 Å². The minimum absolute atomic E-state index is 0.0106. The molecule has 7 nitrogen and oxygen atoms in total. The Hall–Kier alpha value is -3.22. The van der Waals surface area contributed by atoms with Crippen LogP contribution in [0.4, 0.5) is 5.69 Å². The monoisotopic (exact) mass is 310 g/mol. The Morgan fingerprint density at radius 1 is 1.13 bits per heavy atom. The van der Waals surface area contributed by atoms with Crippen LogP contribution in [0.5, 0.6) is 5.75 Å². The van der Waals surface area contributed by atoms with Crippen LogP contribution < -0.4 is 10.9 Å². The zero-order valence-electron chi connectivity index (χ0n) is 12.1. The molecule has 7 heteroatoms. The molecule has 3 rings (SSSR count). The van der Waals surface area contributed by atoms with E-state index in [-0.39, 0.29) is 30.2 Å². The summed E-state index contributed by atoms with van der Waals surface area (Å²) < 4.78 is 1.16. The fraction of sp³-hybridized carbons (Fsp3) is 0.125. The molecule has 0 aliphatic carbocycles. The predicted octanol–water partition coefficient (Wildman–Crippen LogP) is 1.53. The van der Waals surface area contributed by atoms with Gasteiger partial charge in [0.25, 0.3) is 5.56 Å². The van der Waals surface area contributed by atoms with Crippen LogP contribution in [0, 0.1) is 0 Å². The van der Waals surface area contributed by atoms with Crippen molar-refractivity contribution in [1.29, 1.82) is 0 Å². The quantitative estimate of drug-likeness (QED) is 0.712. The van der Waals surface area contributed by atoms with Crippen molar-refractivity contribution in [3.8, 4) is 5.75 Å². The number of rotatable bonds is 4. The molecule has 3 aromatic rings. The summed E-state index contributed by atoms with van der Waals surface area (Å²) in [7, 11) is 0. The van der Waals surface area contributed by atoms with E-state index in [0.717, 1.165) is 4.68 Å². The Morgan fingerprint density at radius 3 is 2.70 bits per heavy atom.